The standard InChI is InChI=1S/C16H19N3S2/c1-3-21-14-8-4-7-13(15(14)16(17)20)19-11(2)12-6-5-9-18-10-12/h4-11,19H,3H2,1-2H3,(H2,17,20). The van der Waals surface area contributed by atoms with E-state index in [0.29, 0.717) is 4.99 Å². The molecule has 0 fully saturated rings. The van der Waals surface area contributed by atoms with Crippen LogP contribution in [0.25, 0.3) is 0 Å². The summed E-state index contributed by atoms with van der Waals surface area (Å²) in [6.45, 7) is 4.21. The van der Waals surface area contributed by atoms with E-state index in [1.807, 2.05) is 24.4 Å². The van der Waals surface area contributed by atoms with E-state index in [4.69, 9.17) is 18.0 Å². The molecule has 1 aromatic carbocycles. The maximum absolute atomic E-state index is 5.93. The van der Waals surface area contributed by atoms with Crippen LogP contribution in [0.3, 0.4) is 0 Å². The largest absolute Gasteiger partial charge is 0.389 e. The predicted octanol–water partition coefficient (Wildman–Crippen LogP) is 4.00. The third-order valence-corrected chi connectivity index (χ3v) is 4.27. The smallest absolute Gasteiger partial charge is 0.107 e. The van der Waals surface area contributed by atoms with Crippen LogP contribution in [0.1, 0.15) is 31.0 Å². The molecule has 3 N–H and O–H groups in total. The van der Waals surface area contributed by atoms with Gasteiger partial charge in [0.15, 0.2) is 0 Å². The van der Waals surface area contributed by atoms with Crippen molar-refractivity contribution in [3.8, 4) is 0 Å². The Morgan fingerprint density at radius 1 is 1.38 bits per heavy atom. The molecule has 1 heterocycles. The number of anilines is 1. The minimum absolute atomic E-state index is 0.133. The summed E-state index contributed by atoms with van der Waals surface area (Å²) in [6.07, 6.45) is 3.64. The molecule has 0 aliphatic heterocycles. The van der Waals surface area contributed by atoms with Crippen LogP contribution in [0.2, 0.25) is 0 Å². The summed E-state index contributed by atoms with van der Waals surface area (Å²) in [6, 6.07) is 10.2. The molecule has 21 heavy (non-hydrogen) atoms. The van der Waals surface area contributed by atoms with Gasteiger partial charge in [0.05, 0.1) is 6.04 Å². The van der Waals surface area contributed by atoms with Gasteiger partial charge in [-0.3, -0.25) is 4.98 Å². The van der Waals surface area contributed by atoms with Gasteiger partial charge in [-0.2, -0.15) is 0 Å². The molecule has 0 saturated carbocycles. The molecule has 110 valence electrons. The molecule has 1 aromatic heterocycles. The number of nitrogens with one attached hydrogen (secondary N) is 1. The third-order valence-electron chi connectivity index (χ3n) is 3.13. The second kappa shape index (κ2) is 7.43. The first-order valence-corrected chi connectivity index (χ1v) is 8.25. The molecule has 2 rings (SSSR count). The number of hydrogen-bond acceptors (Lipinski definition) is 4. The summed E-state index contributed by atoms with van der Waals surface area (Å²) in [5.41, 5.74) is 8.95. The fourth-order valence-corrected chi connectivity index (χ4v) is 3.26. The van der Waals surface area contributed by atoms with Crippen molar-refractivity contribution in [2.24, 2.45) is 5.73 Å². The van der Waals surface area contributed by atoms with E-state index in [0.717, 1.165) is 27.5 Å². The molecule has 0 aliphatic carbocycles. The Bertz CT molecular complexity index is 614. The van der Waals surface area contributed by atoms with Crippen LogP contribution in [0.4, 0.5) is 5.69 Å². The Morgan fingerprint density at radius 2 is 2.19 bits per heavy atom. The molecular weight excluding hydrogens is 298 g/mol. The van der Waals surface area contributed by atoms with E-state index in [-0.39, 0.29) is 6.04 Å². The number of aromatic nitrogens is 1. The number of thiocarbonyl (C=S) groups is 1. The maximum atomic E-state index is 5.93. The van der Waals surface area contributed by atoms with Crippen LogP contribution >= 0.6 is 24.0 Å². The van der Waals surface area contributed by atoms with Gasteiger partial charge >= 0.3 is 0 Å². The highest BCUT2D eigenvalue weighted by Crippen LogP contribution is 2.30. The SMILES string of the molecule is CCSc1cccc(NC(C)c2cccnc2)c1C(N)=S. The van der Waals surface area contributed by atoms with Crippen molar-refractivity contribution in [3.05, 3.63) is 53.9 Å². The van der Waals surface area contributed by atoms with Crippen LogP contribution in [0, 0.1) is 0 Å². The first kappa shape index (κ1) is 15.8. The Labute approximate surface area is 135 Å². The van der Waals surface area contributed by atoms with Crippen LogP contribution in [-0.4, -0.2) is 15.7 Å². The van der Waals surface area contributed by atoms with Crippen LogP contribution in [-0.2, 0) is 0 Å². The van der Waals surface area contributed by atoms with E-state index < -0.39 is 0 Å². The first-order valence-electron chi connectivity index (χ1n) is 6.85. The number of benzene rings is 1. The van der Waals surface area contributed by atoms with Crippen molar-refractivity contribution in [1.82, 2.24) is 4.98 Å². The molecule has 2 aromatic rings. The molecule has 0 aliphatic rings. The highest BCUT2D eigenvalue weighted by atomic mass is 32.2. The van der Waals surface area contributed by atoms with Crippen molar-refractivity contribution in [2.75, 3.05) is 11.1 Å². The normalized spacial score (nSPS) is 11.9. The first-order chi connectivity index (χ1) is 10.1. The highest BCUT2D eigenvalue weighted by molar-refractivity contribution is 7.99. The lowest BCUT2D eigenvalue weighted by Crippen LogP contribution is -2.16. The second-order valence-corrected chi connectivity index (χ2v) is 6.37. The molecule has 1 unspecified atom stereocenters. The van der Waals surface area contributed by atoms with Crippen molar-refractivity contribution < 1.29 is 0 Å². The van der Waals surface area contributed by atoms with Gasteiger partial charge in [0.2, 0.25) is 0 Å². The molecule has 1 atom stereocenters. The van der Waals surface area contributed by atoms with E-state index in [1.165, 1.54) is 0 Å². The minimum atomic E-state index is 0.133. The Morgan fingerprint density at radius 3 is 2.81 bits per heavy atom. The Kier molecular flexibility index (Phi) is 5.59. The van der Waals surface area contributed by atoms with Crippen LogP contribution < -0.4 is 11.1 Å². The highest BCUT2D eigenvalue weighted by Gasteiger charge is 2.13. The number of pyridine rings is 1. The third kappa shape index (κ3) is 3.95. The van der Waals surface area contributed by atoms with Gasteiger partial charge in [-0.25, -0.2) is 0 Å². The summed E-state index contributed by atoms with van der Waals surface area (Å²) in [7, 11) is 0. The quantitative estimate of drug-likeness (QED) is 0.623. The molecule has 5 heteroatoms. The molecule has 3 nitrogen and oxygen atoms in total. The maximum Gasteiger partial charge on any atom is 0.107 e. The molecule has 0 amide bonds. The Balaban J connectivity index is 2.31. The second-order valence-electron chi connectivity index (χ2n) is 4.63. The monoisotopic (exact) mass is 317 g/mol. The van der Waals surface area contributed by atoms with E-state index >= 15 is 0 Å². The van der Waals surface area contributed by atoms with Gasteiger partial charge < -0.3 is 11.1 Å². The van der Waals surface area contributed by atoms with Crippen molar-refractivity contribution in [3.63, 3.8) is 0 Å². The molecular formula is C16H19N3S2. The fraction of sp³-hybridized carbons (Fsp3) is 0.250. The average molecular weight is 317 g/mol. The van der Waals surface area contributed by atoms with Gasteiger partial charge in [0, 0.05) is 28.5 Å². The minimum Gasteiger partial charge on any atom is -0.389 e. The summed E-state index contributed by atoms with van der Waals surface area (Å²) in [5.74, 6) is 0.983. The summed E-state index contributed by atoms with van der Waals surface area (Å²) < 4.78 is 0. The fourth-order valence-electron chi connectivity index (χ4n) is 2.13. The average Bonchev–Trinajstić information content (AvgIpc) is 2.48. The molecule has 0 spiro atoms. The zero-order valence-electron chi connectivity index (χ0n) is 12.2. The van der Waals surface area contributed by atoms with Gasteiger partial charge in [0.1, 0.15) is 4.99 Å². The predicted molar refractivity (Wildman–Crippen MR) is 95.0 cm³/mol. The summed E-state index contributed by atoms with van der Waals surface area (Å²) in [4.78, 5) is 5.70. The van der Waals surface area contributed by atoms with E-state index in [2.05, 4.69) is 36.3 Å². The molecule has 0 radical (unpaired) electrons. The van der Waals surface area contributed by atoms with Gasteiger partial charge in [-0.15, -0.1) is 11.8 Å². The van der Waals surface area contributed by atoms with Gasteiger partial charge in [-0.1, -0.05) is 31.3 Å². The number of thioether (sulfide) groups is 1. The molecule has 0 saturated heterocycles. The summed E-state index contributed by atoms with van der Waals surface area (Å²) >= 11 is 6.98. The lowest BCUT2D eigenvalue weighted by molar-refractivity contribution is 0.874. The number of rotatable bonds is 6. The van der Waals surface area contributed by atoms with Crippen molar-refractivity contribution in [2.45, 2.75) is 24.8 Å². The number of hydrogen-bond donors (Lipinski definition) is 2. The molecule has 0 bridgehead atoms. The number of nitrogens with two attached hydrogens (primary N) is 1. The van der Waals surface area contributed by atoms with Crippen molar-refractivity contribution in [1.29, 1.82) is 0 Å². The topological polar surface area (TPSA) is 50.9 Å². The van der Waals surface area contributed by atoms with E-state index in [1.54, 1.807) is 18.0 Å². The van der Waals surface area contributed by atoms with Crippen LogP contribution in [0.15, 0.2) is 47.6 Å². The lowest BCUT2D eigenvalue weighted by atomic mass is 10.1. The van der Waals surface area contributed by atoms with Crippen LogP contribution in [0.5, 0.6) is 0 Å². The van der Waals surface area contributed by atoms with Crippen molar-refractivity contribution >= 4 is 34.7 Å². The summed E-state index contributed by atoms with van der Waals surface area (Å²) in [5, 5.41) is 3.49. The lowest BCUT2D eigenvalue weighted by Gasteiger charge is -2.19. The zero-order chi connectivity index (χ0) is 15.2. The number of nitrogens with zero attached hydrogens (tertiary/aromatic N) is 1. The van der Waals surface area contributed by atoms with Gasteiger partial charge in [-0.05, 0) is 36.4 Å². The van der Waals surface area contributed by atoms with E-state index in [9.17, 15) is 0 Å². The van der Waals surface area contributed by atoms with Gasteiger partial charge in [0.25, 0.3) is 0 Å². The Hall–Kier alpha value is -1.59. The zero-order valence-corrected chi connectivity index (χ0v) is 13.8.